The maximum Gasteiger partial charge on any atom is 0.295 e. The number of aliphatic hydroxyl groups excluding tert-OH is 1. The van der Waals surface area contributed by atoms with E-state index in [9.17, 15) is 19.1 Å². The highest BCUT2D eigenvalue weighted by Gasteiger charge is 2.46. The van der Waals surface area contributed by atoms with Crippen molar-refractivity contribution in [2.45, 2.75) is 26.8 Å². The summed E-state index contributed by atoms with van der Waals surface area (Å²) in [7, 11) is 0. The Balaban J connectivity index is 2.11. The number of aliphatic hydroxyl groups is 1. The average molecular weight is 441 g/mol. The SMILES string of the molecule is CCOc1cccc(/C(O)=C2\C(=O)C(=O)N(CCN(CC)CC)C2c2ccccc2F)c1. The number of nitrogens with zero attached hydrogens (tertiary/aromatic N) is 2. The quantitative estimate of drug-likeness (QED) is 0.363. The highest BCUT2D eigenvalue weighted by atomic mass is 19.1. The number of benzene rings is 2. The molecule has 32 heavy (non-hydrogen) atoms. The van der Waals surface area contributed by atoms with Crippen LogP contribution in [0.3, 0.4) is 0 Å². The molecule has 0 aromatic heterocycles. The molecule has 1 heterocycles. The number of likely N-dealkylation sites (tertiary alicyclic amines) is 1. The molecule has 1 amide bonds. The number of likely N-dealkylation sites (N-methyl/N-ethyl adjacent to an activating group) is 1. The van der Waals surface area contributed by atoms with Gasteiger partial charge in [-0.25, -0.2) is 4.39 Å². The minimum Gasteiger partial charge on any atom is -0.507 e. The molecule has 7 heteroatoms. The topological polar surface area (TPSA) is 70.1 Å². The lowest BCUT2D eigenvalue weighted by Crippen LogP contribution is -2.38. The van der Waals surface area contributed by atoms with Crippen LogP contribution in [-0.4, -0.2) is 59.4 Å². The molecule has 1 aliphatic heterocycles. The molecule has 1 atom stereocenters. The molecule has 1 aliphatic rings. The Labute approximate surface area is 187 Å². The molecule has 1 N–H and O–H groups in total. The molecule has 1 saturated heterocycles. The van der Waals surface area contributed by atoms with Crippen LogP contribution in [0.5, 0.6) is 5.75 Å². The fraction of sp³-hybridized carbons (Fsp3) is 0.360. The third-order valence-electron chi connectivity index (χ3n) is 5.71. The van der Waals surface area contributed by atoms with Gasteiger partial charge in [0.1, 0.15) is 17.3 Å². The normalized spacial score (nSPS) is 17.9. The fourth-order valence-corrected chi connectivity index (χ4v) is 3.98. The predicted molar refractivity (Wildman–Crippen MR) is 121 cm³/mol. The number of carbonyl (C=O) groups excluding carboxylic acids is 2. The standard InChI is InChI=1S/C25H29FN2O4/c1-4-27(5-2)14-15-28-22(19-12-7-8-13-20(19)26)21(24(30)25(28)31)23(29)17-10-9-11-18(16-17)32-6-3/h7-13,16,22,29H,4-6,14-15H2,1-3H3/b23-21+. The van der Waals surface area contributed by atoms with Crippen molar-refractivity contribution in [2.24, 2.45) is 0 Å². The summed E-state index contributed by atoms with van der Waals surface area (Å²) in [5, 5.41) is 11.1. The Morgan fingerprint density at radius 3 is 2.47 bits per heavy atom. The summed E-state index contributed by atoms with van der Waals surface area (Å²) in [5.41, 5.74) is 0.390. The Kier molecular flexibility index (Phi) is 7.64. The molecular formula is C25H29FN2O4. The minimum atomic E-state index is -1.01. The van der Waals surface area contributed by atoms with E-state index < -0.39 is 23.5 Å². The first-order valence-corrected chi connectivity index (χ1v) is 10.9. The van der Waals surface area contributed by atoms with Crippen molar-refractivity contribution in [3.8, 4) is 5.75 Å². The summed E-state index contributed by atoms with van der Waals surface area (Å²) < 4.78 is 20.3. The molecule has 2 aromatic rings. The first-order valence-electron chi connectivity index (χ1n) is 10.9. The third-order valence-corrected chi connectivity index (χ3v) is 5.71. The van der Waals surface area contributed by atoms with Gasteiger partial charge in [0, 0.05) is 24.2 Å². The lowest BCUT2D eigenvalue weighted by Gasteiger charge is -2.28. The van der Waals surface area contributed by atoms with E-state index in [4.69, 9.17) is 4.74 Å². The van der Waals surface area contributed by atoms with E-state index in [0.29, 0.717) is 24.5 Å². The van der Waals surface area contributed by atoms with Crippen molar-refractivity contribution < 1.29 is 23.8 Å². The van der Waals surface area contributed by atoms with Gasteiger partial charge < -0.3 is 19.6 Å². The maximum absolute atomic E-state index is 14.8. The summed E-state index contributed by atoms with van der Waals surface area (Å²) in [4.78, 5) is 29.5. The number of carbonyl (C=O) groups is 2. The van der Waals surface area contributed by atoms with Crippen LogP contribution in [0.4, 0.5) is 4.39 Å². The van der Waals surface area contributed by atoms with Crippen molar-refractivity contribution in [3.63, 3.8) is 0 Å². The smallest absolute Gasteiger partial charge is 0.295 e. The van der Waals surface area contributed by atoms with Crippen molar-refractivity contribution in [1.82, 2.24) is 9.80 Å². The Bertz CT molecular complexity index is 1020. The lowest BCUT2D eigenvalue weighted by atomic mass is 9.95. The van der Waals surface area contributed by atoms with Gasteiger partial charge in [-0.3, -0.25) is 9.59 Å². The van der Waals surface area contributed by atoms with Crippen LogP contribution >= 0.6 is 0 Å². The van der Waals surface area contributed by atoms with E-state index in [2.05, 4.69) is 4.90 Å². The molecule has 0 bridgehead atoms. The van der Waals surface area contributed by atoms with Crippen LogP contribution in [-0.2, 0) is 9.59 Å². The van der Waals surface area contributed by atoms with Crippen LogP contribution in [0.15, 0.2) is 54.1 Å². The number of hydrogen-bond acceptors (Lipinski definition) is 5. The van der Waals surface area contributed by atoms with Gasteiger partial charge in [0.15, 0.2) is 0 Å². The van der Waals surface area contributed by atoms with E-state index in [0.717, 1.165) is 13.1 Å². The van der Waals surface area contributed by atoms with Gasteiger partial charge in [-0.15, -0.1) is 0 Å². The Morgan fingerprint density at radius 2 is 1.81 bits per heavy atom. The summed E-state index contributed by atoms with van der Waals surface area (Å²) >= 11 is 0. The zero-order chi connectivity index (χ0) is 23.3. The number of hydrogen-bond donors (Lipinski definition) is 1. The fourth-order valence-electron chi connectivity index (χ4n) is 3.98. The van der Waals surface area contributed by atoms with E-state index in [-0.39, 0.29) is 23.4 Å². The number of ether oxygens (including phenoxy) is 1. The van der Waals surface area contributed by atoms with Crippen molar-refractivity contribution in [1.29, 1.82) is 0 Å². The molecule has 170 valence electrons. The van der Waals surface area contributed by atoms with Gasteiger partial charge in [0.2, 0.25) is 0 Å². The van der Waals surface area contributed by atoms with Crippen LogP contribution in [0.25, 0.3) is 5.76 Å². The molecule has 0 saturated carbocycles. The average Bonchev–Trinajstić information content (AvgIpc) is 3.05. The second-order valence-corrected chi connectivity index (χ2v) is 7.50. The van der Waals surface area contributed by atoms with Gasteiger partial charge >= 0.3 is 0 Å². The molecule has 0 aliphatic carbocycles. The molecule has 0 radical (unpaired) electrons. The second kappa shape index (κ2) is 10.4. The number of ketones is 1. The van der Waals surface area contributed by atoms with Crippen LogP contribution in [0, 0.1) is 5.82 Å². The molecule has 1 unspecified atom stereocenters. The van der Waals surface area contributed by atoms with Crippen LogP contribution in [0.2, 0.25) is 0 Å². The van der Waals surface area contributed by atoms with E-state index >= 15 is 0 Å². The van der Waals surface area contributed by atoms with Gasteiger partial charge in [-0.1, -0.05) is 44.2 Å². The highest BCUT2D eigenvalue weighted by Crippen LogP contribution is 2.40. The first-order chi connectivity index (χ1) is 15.4. The summed E-state index contributed by atoms with van der Waals surface area (Å²) in [6.45, 7) is 8.64. The van der Waals surface area contributed by atoms with E-state index in [1.165, 1.54) is 11.0 Å². The molecule has 6 nitrogen and oxygen atoms in total. The maximum atomic E-state index is 14.8. The Morgan fingerprint density at radius 1 is 1.09 bits per heavy atom. The van der Waals surface area contributed by atoms with Crippen molar-refractivity contribution in [3.05, 3.63) is 71.0 Å². The van der Waals surface area contributed by atoms with Crippen LogP contribution in [0.1, 0.15) is 37.9 Å². The third kappa shape index (κ3) is 4.67. The molecule has 1 fully saturated rings. The van der Waals surface area contributed by atoms with Gasteiger partial charge in [-0.05, 0) is 38.2 Å². The van der Waals surface area contributed by atoms with E-state index in [1.807, 2.05) is 20.8 Å². The second-order valence-electron chi connectivity index (χ2n) is 7.50. The van der Waals surface area contributed by atoms with Crippen molar-refractivity contribution in [2.75, 3.05) is 32.8 Å². The number of halogens is 1. The lowest BCUT2D eigenvalue weighted by molar-refractivity contribution is -0.140. The molecule has 3 rings (SSSR count). The highest BCUT2D eigenvalue weighted by molar-refractivity contribution is 6.46. The summed E-state index contributed by atoms with van der Waals surface area (Å²) in [6, 6.07) is 11.7. The first kappa shape index (κ1) is 23.5. The van der Waals surface area contributed by atoms with Gasteiger partial charge in [-0.2, -0.15) is 0 Å². The zero-order valence-corrected chi connectivity index (χ0v) is 18.7. The Hall–Kier alpha value is -3.19. The van der Waals surface area contributed by atoms with Crippen molar-refractivity contribution >= 4 is 17.4 Å². The number of Topliss-reactive ketones (excluding diaryl/α,β-unsaturated/α-hetero) is 1. The van der Waals surface area contributed by atoms with Gasteiger partial charge in [0.25, 0.3) is 11.7 Å². The summed E-state index contributed by atoms with van der Waals surface area (Å²) in [5.74, 6) is -1.93. The van der Waals surface area contributed by atoms with E-state index in [1.54, 1.807) is 42.5 Å². The monoisotopic (exact) mass is 440 g/mol. The minimum absolute atomic E-state index is 0.117. The largest absolute Gasteiger partial charge is 0.507 e. The molecule has 0 spiro atoms. The zero-order valence-electron chi connectivity index (χ0n) is 18.7. The molecule has 2 aromatic carbocycles. The number of rotatable bonds is 9. The number of amides is 1. The van der Waals surface area contributed by atoms with Crippen LogP contribution < -0.4 is 4.74 Å². The molecular weight excluding hydrogens is 411 g/mol. The summed E-state index contributed by atoms with van der Waals surface area (Å²) in [6.07, 6.45) is 0. The van der Waals surface area contributed by atoms with Gasteiger partial charge in [0.05, 0.1) is 18.2 Å². The predicted octanol–water partition coefficient (Wildman–Crippen LogP) is 3.99.